The summed E-state index contributed by atoms with van der Waals surface area (Å²) in [5.41, 5.74) is 3.49. The van der Waals surface area contributed by atoms with Crippen molar-refractivity contribution in [2.24, 2.45) is 0 Å². The summed E-state index contributed by atoms with van der Waals surface area (Å²) in [5.74, 6) is 1.52. The molecule has 1 aliphatic heterocycles. The van der Waals surface area contributed by atoms with E-state index in [0.717, 1.165) is 40.6 Å². The first-order valence-corrected chi connectivity index (χ1v) is 8.88. The second kappa shape index (κ2) is 9.34. The molecule has 1 N–H and O–H groups in total. The van der Waals surface area contributed by atoms with E-state index in [0.29, 0.717) is 32.7 Å². The van der Waals surface area contributed by atoms with Crippen LogP contribution < -0.4 is 5.32 Å². The first kappa shape index (κ1) is 21.4. The fourth-order valence-electron chi connectivity index (χ4n) is 3.16. The zero-order valence-corrected chi connectivity index (χ0v) is 17.0. The third-order valence-electron chi connectivity index (χ3n) is 4.83. The minimum atomic E-state index is 0. The number of rotatable bonds is 6. The van der Waals surface area contributed by atoms with Crippen LogP contribution in [0.3, 0.4) is 0 Å². The van der Waals surface area contributed by atoms with E-state index in [2.05, 4.69) is 15.6 Å². The maximum atomic E-state index is 13.0. The predicted octanol–water partition coefficient (Wildman–Crippen LogP) is 2.23. The molecule has 8 nitrogen and oxygen atoms in total. The van der Waals surface area contributed by atoms with Crippen LogP contribution >= 0.6 is 12.4 Å². The van der Waals surface area contributed by atoms with Crippen LogP contribution in [-0.2, 0) is 22.6 Å². The minimum absolute atomic E-state index is 0. The van der Waals surface area contributed by atoms with E-state index in [4.69, 9.17) is 13.8 Å². The van der Waals surface area contributed by atoms with Crippen molar-refractivity contribution in [3.8, 4) is 0 Å². The number of morpholine rings is 1. The van der Waals surface area contributed by atoms with Gasteiger partial charge in [-0.1, -0.05) is 10.3 Å². The molecule has 1 aliphatic rings. The first-order chi connectivity index (χ1) is 12.5. The molecule has 0 saturated carbocycles. The number of carbonyl (C=O) groups excluding carboxylic acids is 1. The fraction of sp³-hybridized carbons (Fsp3) is 0.611. The molecule has 0 radical (unpaired) electrons. The third kappa shape index (κ3) is 5.09. The smallest absolute Gasteiger partial charge is 0.224 e. The lowest BCUT2D eigenvalue weighted by atomic mass is 10.1. The molecule has 2 aromatic heterocycles. The molecule has 27 heavy (non-hydrogen) atoms. The van der Waals surface area contributed by atoms with Gasteiger partial charge < -0.3 is 24.0 Å². The molecule has 3 heterocycles. The molecule has 0 bridgehead atoms. The number of aromatic nitrogens is 2. The number of nitrogens with zero attached hydrogens (tertiary/aromatic N) is 3. The van der Waals surface area contributed by atoms with Crippen molar-refractivity contribution in [3.63, 3.8) is 0 Å². The van der Waals surface area contributed by atoms with E-state index in [1.165, 1.54) is 0 Å². The molecule has 1 atom stereocenters. The van der Waals surface area contributed by atoms with Crippen LogP contribution in [0.5, 0.6) is 0 Å². The van der Waals surface area contributed by atoms with Gasteiger partial charge in [-0.2, -0.15) is 0 Å². The van der Waals surface area contributed by atoms with E-state index >= 15 is 0 Å². The Morgan fingerprint density at radius 1 is 1.07 bits per heavy atom. The number of aryl methyl sites for hydroxylation is 4. The number of hydrogen-bond acceptors (Lipinski definition) is 7. The van der Waals surface area contributed by atoms with Gasteiger partial charge in [0.25, 0.3) is 0 Å². The lowest BCUT2D eigenvalue weighted by Gasteiger charge is -2.28. The van der Waals surface area contributed by atoms with Gasteiger partial charge in [-0.05, 0) is 27.7 Å². The number of halogens is 1. The van der Waals surface area contributed by atoms with E-state index in [9.17, 15) is 4.79 Å². The van der Waals surface area contributed by atoms with E-state index < -0.39 is 0 Å². The molecule has 2 aromatic rings. The third-order valence-corrected chi connectivity index (χ3v) is 4.83. The van der Waals surface area contributed by atoms with E-state index in [-0.39, 0.29) is 24.4 Å². The van der Waals surface area contributed by atoms with Crippen LogP contribution in [-0.4, -0.2) is 46.9 Å². The summed E-state index contributed by atoms with van der Waals surface area (Å²) >= 11 is 0. The number of hydrogen-bond donors (Lipinski definition) is 1. The highest BCUT2D eigenvalue weighted by Gasteiger charge is 2.25. The van der Waals surface area contributed by atoms with Gasteiger partial charge in [-0.25, -0.2) is 0 Å². The highest BCUT2D eigenvalue weighted by atomic mass is 35.5. The standard InChI is InChI=1S/C18H26N4O4.ClH/c1-11-16(13(3)25-20-11)8-22(9-17-12(2)21-26-14(17)4)18(23)7-15-10-24-6-5-19-15;/h15,19H,5-10H2,1-4H3;1H. The number of amides is 1. The van der Waals surface area contributed by atoms with E-state index in [1.54, 1.807) is 0 Å². The van der Waals surface area contributed by atoms with Gasteiger partial charge in [0.2, 0.25) is 5.91 Å². The van der Waals surface area contributed by atoms with Crippen LogP contribution in [0.25, 0.3) is 0 Å². The Bertz CT molecular complexity index is 680. The van der Waals surface area contributed by atoms with Crippen molar-refractivity contribution >= 4 is 18.3 Å². The number of ether oxygens (including phenoxy) is 1. The van der Waals surface area contributed by atoms with Crippen molar-refractivity contribution in [3.05, 3.63) is 34.0 Å². The summed E-state index contributed by atoms with van der Waals surface area (Å²) in [6, 6.07) is 0.0353. The molecule has 0 spiro atoms. The Morgan fingerprint density at radius 3 is 2.04 bits per heavy atom. The van der Waals surface area contributed by atoms with Gasteiger partial charge in [0.1, 0.15) is 11.5 Å². The molecule has 9 heteroatoms. The summed E-state index contributed by atoms with van der Waals surface area (Å²) in [6.45, 7) is 10.4. The lowest BCUT2D eigenvalue weighted by molar-refractivity contribution is -0.133. The Balaban J connectivity index is 0.00000261. The fourth-order valence-corrected chi connectivity index (χ4v) is 3.16. The molecule has 0 aromatic carbocycles. The van der Waals surface area contributed by atoms with Crippen molar-refractivity contribution in [1.29, 1.82) is 0 Å². The highest BCUT2D eigenvalue weighted by molar-refractivity contribution is 5.85. The van der Waals surface area contributed by atoms with Crippen molar-refractivity contribution in [2.75, 3.05) is 19.8 Å². The van der Waals surface area contributed by atoms with Crippen LogP contribution in [0.1, 0.15) is 40.5 Å². The Hall–Kier alpha value is -1.90. The average Bonchev–Trinajstić information content (AvgIpc) is 3.11. The minimum Gasteiger partial charge on any atom is -0.378 e. The van der Waals surface area contributed by atoms with Gasteiger partial charge in [0.15, 0.2) is 0 Å². The van der Waals surface area contributed by atoms with Crippen LogP contribution in [0.15, 0.2) is 9.05 Å². The molecule has 1 amide bonds. The van der Waals surface area contributed by atoms with Gasteiger partial charge in [0.05, 0.1) is 37.7 Å². The summed E-state index contributed by atoms with van der Waals surface area (Å²) in [6.07, 6.45) is 0.382. The van der Waals surface area contributed by atoms with E-state index in [1.807, 2.05) is 32.6 Å². The summed E-state index contributed by atoms with van der Waals surface area (Å²) in [4.78, 5) is 14.9. The quantitative estimate of drug-likeness (QED) is 0.797. The lowest BCUT2D eigenvalue weighted by Crippen LogP contribution is -2.45. The molecule has 1 saturated heterocycles. The molecule has 1 fully saturated rings. The van der Waals surface area contributed by atoms with Crippen molar-refractivity contribution in [2.45, 2.75) is 53.2 Å². The Labute approximate surface area is 165 Å². The average molecular weight is 399 g/mol. The van der Waals surface area contributed by atoms with Gasteiger partial charge in [-0.15, -0.1) is 12.4 Å². The maximum Gasteiger partial charge on any atom is 0.224 e. The molecule has 150 valence electrons. The Morgan fingerprint density at radius 2 is 1.63 bits per heavy atom. The summed E-state index contributed by atoms with van der Waals surface area (Å²) < 4.78 is 16.0. The first-order valence-electron chi connectivity index (χ1n) is 8.88. The predicted molar refractivity (Wildman–Crippen MR) is 101 cm³/mol. The molecule has 0 aliphatic carbocycles. The zero-order chi connectivity index (χ0) is 18.7. The number of nitrogens with one attached hydrogen (secondary N) is 1. The second-order valence-corrected chi connectivity index (χ2v) is 6.79. The summed E-state index contributed by atoms with van der Waals surface area (Å²) in [5, 5.41) is 11.3. The van der Waals surface area contributed by atoms with Crippen LogP contribution in [0, 0.1) is 27.7 Å². The molecule has 1 unspecified atom stereocenters. The largest absolute Gasteiger partial charge is 0.378 e. The summed E-state index contributed by atoms with van der Waals surface area (Å²) in [7, 11) is 0. The van der Waals surface area contributed by atoms with Crippen molar-refractivity contribution in [1.82, 2.24) is 20.5 Å². The molecular weight excluding hydrogens is 372 g/mol. The molecule has 3 rings (SSSR count). The normalized spacial score (nSPS) is 16.8. The second-order valence-electron chi connectivity index (χ2n) is 6.79. The van der Waals surface area contributed by atoms with Gasteiger partial charge in [-0.3, -0.25) is 4.79 Å². The maximum absolute atomic E-state index is 13.0. The zero-order valence-electron chi connectivity index (χ0n) is 16.2. The SMILES string of the molecule is Cc1noc(C)c1CN(Cc1c(C)noc1C)C(=O)CC1COCCN1.Cl. The topological polar surface area (TPSA) is 93.6 Å². The monoisotopic (exact) mass is 398 g/mol. The van der Waals surface area contributed by atoms with Gasteiger partial charge in [0, 0.05) is 30.1 Å². The highest BCUT2D eigenvalue weighted by Crippen LogP contribution is 2.21. The number of carbonyl (C=O) groups is 1. The van der Waals surface area contributed by atoms with Gasteiger partial charge >= 0.3 is 0 Å². The van der Waals surface area contributed by atoms with Crippen molar-refractivity contribution < 1.29 is 18.6 Å². The Kier molecular flexibility index (Phi) is 7.41. The van der Waals surface area contributed by atoms with Crippen LogP contribution in [0.4, 0.5) is 0 Å². The van der Waals surface area contributed by atoms with Crippen LogP contribution in [0.2, 0.25) is 0 Å². The molecular formula is C18H27ClN4O4.